The number of hydrogen-bond donors (Lipinski definition) is 2. The molecule has 0 saturated carbocycles. The molecule has 2 N–H and O–H groups in total. The summed E-state index contributed by atoms with van der Waals surface area (Å²) in [7, 11) is 0. The second kappa shape index (κ2) is 6.75. The smallest absolute Gasteiger partial charge is 0.259 e. The van der Waals surface area contributed by atoms with Crippen molar-refractivity contribution in [1.29, 1.82) is 0 Å². The van der Waals surface area contributed by atoms with Crippen molar-refractivity contribution in [1.82, 2.24) is 0 Å². The van der Waals surface area contributed by atoms with E-state index in [1.807, 2.05) is 0 Å². The van der Waals surface area contributed by atoms with E-state index in [0.29, 0.717) is 20.2 Å². The number of nitrogens with one attached hydrogen (secondary N) is 1. The normalized spacial score (nSPS) is 10.5. The number of anilines is 1. The summed E-state index contributed by atoms with van der Waals surface area (Å²) in [6, 6.07) is 6.09. The summed E-state index contributed by atoms with van der Waals surface area (Å²) in [5, 5.41) is 13.6. The van der Waals surface area contributed by atoms with E-state index in [9.17, 15) is 9.90 Å². The van der Waals surface area contributed by atoms with Gasteiger partial charge in [0.2, 0.25) is 0 Å². The minimum atomic E-state index is -0.533. The maximum atomic E-state index is 12.2. The minimum Gasteiger partial charge on any atom is -0.506 e. The van der Waals surface area contributed by atoms with Gasteiger partial charge >= 0.3 is 0 Å². The monoisotopic (exact) mass is 471 g/mol. The quantitative estimate of drug-likeness (QED) is 0.515. The van der Waals surface area contributed by atoms with E-state index in [-0.39, 0.29) is 20.8 Å². The van der Waals surface area contributed by atoms with Gasteiger partial charge in [-0.3, -0.25) is 4.79 Å². The molecular formula is C13H6Br2Cl3NO2. The van der Waals surface area contributed by atoms with Crippen LogP contribution in [0.1, 0.15) is 10.4 Å². The van der Waals surface area contributed by atoms with E-state index in [1.165, 1.54) is 12.1 Å². The molecule has 0 aliphatic heterocycles. The standard InChI is InChI=1S/C13H6Br2Cl3NO2/c14-7-4-6(12(20)10(15)11(7)18)13(21)19-9-2-1-5(16)3-8(9)17/h1-4,20H,(H,19,21). The lowest BCUT2D eigenvalue weighted by Gasteiger charge is -2.11. The molecule has 0 bridgehead atoms. The van der Waals surface area contributed by atoms with Gasteiger partial charge in [0.1, 0.15) is 5.75 Å². The van der Waals surface area contributed by atoms with Crippen LogP contribution in [0.4, 0.5) is 5.69 Å². The van der Waals surface area contributed by atoms with Crippen molar-refractivity contribution in [3.63, 3.8) is 0 Å². The molecule has 110 valence electrons. The summed E-state index contributed by atoms with van der Waals surface area (Å²) in [4.78, 5) is 12.2. The van der Waals surface area contributed by atoms with Crippen LogP contribution < -0.4 is 5.32 Å². The summed E-state index contributed by atoms with van der Waals surface area (Å²) in [5.74, 6) is -0.791. The fraction of sp³-hybridized carbons (Fsp3) is 0. The molecule has 0 heterocycles. The van der Waals surface area contributed by atoms with Gasteiger partial charge in [-0.2, -0.15) is 0 Å². The van der Waals surface area contributed by atoms with Crippen LogP contribution in [0.15, 0.2) is 33.2 Å². The number of carbonyl (C=O) groups excluding carboxylic acids is 1. The van der Waals surface area contributed by atoms with Gasteiger partial charge in [0.05, 0.1) is 25.8 Å². The maximum absolute atomic E-state index is 12.2. The van der Waals surface area contributed by atoms with Crippen LogP contribution in [0.2, 0.25) is 15.1 Å². The lowest BCUT2D eigenvalue weighted by Crippen LogP contribution is -2.12. The van der Waals surface area contributed by atoms with Crippen LogP contribution in [0.3, 0.4) is 0 Å². The molecule has 1 amide bonds. The third-order valence-corrected chi connectivity index (χ3v) is 5.35. The average Bonchev–Trinajstić information content (AvgIpc) is 2.43. The second-order valence-electron chi connectivity index (χ2n) is 3.96. The molecule has 0 aliphatic rings. The number of halogens is 5. The van der Waals surface area contributed by atoms with Gasteiger partial charge in [-0.1, -0.05) is 34.8 Å². The van der Waals surface area contributed by atoms with Crippen LogP contribution >= 0.6 is 66.7 Å². The van der Waals surface area contributed by atoms with Crippen molar-refractivity contribution in [3.8, 4) is 5.75 Å². The Morgan fingerprint density at radius 3 is 2.43 bits per heavy atom. The Balaban J connectivity index is 2.37. The topological polar surface area (TPSA) is 49.3 Å². The Hall–Kier alpha value is -0.460. The van der Waals surface area contributed by atoms with Gasteiger partial charge in [0.25, 0.3) is 5.91 Å². The zero-order chi connectivity index (χ0) is 15.7. The molecule has 0 radical (unpaired) electrons. The minimum absolute atomic E-state index is 0.0455. The number of phenolic OH excluding ortho intramolecular Hbond substituents is 1. The number of hydrogen-bond acceptors (Lipinski definition) is 2. The molecule has 2 rings (SSSR count). The van der Waals surface area contributed by atoms with E-state index in [4.69, 9.17) is 34.8 Å². The molecular weight excluding hydrogens is 468 g/mol. The Labute approximate surface area is 152 Å². The molecule has 0 unspecified atom stereocenters. The molecule has 0 aromatic heterocycles. The van der Waals surface area contributed by atoms with Crippen molar-refractivity contribution in [2.24, 2.45) is 0 Å². The molecule has 0 spiro atoms. The number of rotatable bonds is 2. The summed E-state index contributed by atoms with van der Waals surface area (Å²) in [5.41, 5.74) is 0.428. The van der Waals surface area contributed by atoms with Crippen molar-refractivity contribution in [2.75, 3.05) is 5.32 Å². The molecule has 0 fully saturated rings. The zero-order valence-electron chi connectivity index (χ0n) is 10.1. The first-order valence-corrected chi connectivity index (χ1v) is 8.16. The van der Waals surface area contributed by atoms with Gasteiger partial charge in [0.15, 0.2) is 0 Å². The maximum Gasteiger partial charge on any atom is 0.259 e. The highest BCUT2D eigenvalue weighted by Crippen LogP contribution is 2.40. The van der Waals surface area contributed by atoms with Gasteiger partial charge < -0.3 is 10.4 Å². The number of benzene rings is 2. The lowest BCUT2D eigenvalue weighted by molar-refractivity contribution is 0.102. The Morgan fingerprint density at radius 2 is 1.81 bits per heavy atom. The van der Waals surface area contributed by atoms with Crippen LogP contribution in [0.5, 0.6) is 5.75 Å². The molecule has 0 saturated heterocycles. The fourth-order valence-corrected chi connectivity index (χ4v) is 3.26. The van der Waals surface area contributed by atoms with E-state index >= 15 is 0 Å². The SMILES string of the molecule is O=C(Nc1ccc(Cl)cc1Cl)c1cc(Br)c(Cl)c(Br)c1O. The van der Waals surface area contributed by atoms with Gasteiger partial charge in [0, 0.05) is 9.50 Å². The molecule has 0 aliphatic carbocycles. The summed E-state index contributed by atoms with van der Waals surface area (Å²) in [6.07, 6.45) is 0. The van der Waals surface area contributed by atoms with E-state index in [1.54, 1.807) is 12.1 Å². The van der Waals surface area contributed by atoms with Gasteiger partial charge in [-0.15, -0.1) is 0 Å². The predicted octanol–water partition coefficient (Wildman–Crippen LogP) is 6.13. The number of amides is 1. The highest BCUT2D eigenvalue weighted by atomic mass is 79.9. The van der Waals surface area contributed by atoms with Crippen molar-refractivity contribution in [3.05, 3.63) is 53.8 Å². The van der Waals surface area contributed by atoms with E-state index in [2.05, 4.69) is 37.2 Å². The first-order valence-electron chi connectivity index (χ1n) is 5.44. The highest BCUT2D eigenvalue weighted by molar-refractivity contribution is 9.11. The van der Waals surface area contributed by atoms with Crippen molar-refractivity contribution < 1.29 is 9.90 Å². The number of phenols is 1. The first kappa shape index (κ1) is 16.9. The Morgan fingerprint density at radius 1 is 1.14 bits per heavy atom. The molecule has 2 aromatic carbocycles. The Kier molecular flexibility index (Phi) is 5.43. The largest absolute Gasteiger partial charge is 0.506 e. The predicted molar refractivity (Wildman–Crippen MR) is 92.9 cm³/mol. The second-order valence-corrected chi connectivity index (χ2v) is 6.83. The van der Waals surface area contributed by atoms with Crippen LogP contribution in [-0.4, -0.2) is 11.0 Å². The molecule has 21 heavy (non-hydrogen) atoms. The van der Waals surface area contributed by atoms with Gasteiger partial charge in [-0.25, -0.2) is 0 Å². The molecule has 3 nitrogen and oxygen atoms in total. The Bertz CT molecular complexity index is 738. The first-order chi connectivity index (χ1) is 9.81. The van der Waals surface area contributed by atoms with Crippen LogP contribution in [-0.2, 0) is 0 Å². The number of aromatic hydroxyl groups is 1. The lowest BCUT2D eigenvalue weighted by atomic mass is 10.2. The number of carbonyl (C=O) groups is 1. The van der Waals surface area contributed by atoms with Crippen LogP contribution in [0, 0.1) is 0 Å². The van der Waals surface area contributed by atoms with Gasteiger partial charge in [-0.05, 0) is 56.1 Å². The fourth-order valence-electron chi connectivity index (χ4n) is 1.54. The molecule has 8 heteroatoms. The van der Waals surface area contributed by atoms with Crippen molar-refractivity contribution >= 4 is 78.3 Å². The summed E-state index contributed by atoms with van der Waals surface area (Å²) >= 11 is 24.1. The molecule has 0 atom stereocenters. The zero-order valence-corrected chi connectivity index (χ0v) is 15.5. The van der Waals surface area contributed by atoms with E-state index in [0.717, 1.165) is 0 Å². The highest BCUT2D eigenvalue weighted by Gasteiger charge is 2.19. The third kappa shape index (κ3) is 3.66. The average molecular weight is 474 g/mol. The van der Waals surface area contributed by atoms with Crippen molar-refractivity contribution in [2.45, 2.75) is 0 Å². The summed E-state index contributed by atoms with van der Waals surface area (Å²) in [6.45, 7) is 0. The van der Waals surface area contributed by atoms with Crippen LogP contribution in [0.25, 0.3) is 0 Å². The van der Waals surface area contributed by atoms with E-state index < -0.39 is 5.91 Å². The molecule has 2 aromatic rings. The third-order valence-electron chi connectivity index (χ3n) is 2.56. The summed E-state index contributed by atoms with van der Waals surface area (Å²) < 4.78 is 0.701.